The Labute approximate surface area is 129 Å². The molecule has 110 valence electrons. The summed E-state index contributed by atoms with van der Waals surface area (Å²) in [6.45, 7) is 0.835. The van der Waals surface area contributed by atoms with Gasteiger partial charge in [-0.3, -0.25) is 4.98 Å². The zero-order chi connectivity index (χ0) is 15.0. The van der Waals surface area contributed by atoms with E-state index < -0.39 is 5.67 Å². The lowest BCUT2D eigenvalue weighted by Gasteiger charge is -2.35. The van der Waals surface area contributed by atoms with Gasteiger partial charge in [-0.1, -0.05) is 42.5 Å². The summed E-state index contributed by atoms with van der Waals surface area (Å²) in [6, 6.07) is 18.1. The van der Waals surface area contributed by atoms with Crippen LogP contribution >= 0.6 is 0 Å². The molecule has 1 N–H and O–H groups in total. The zero-order valence-electron chi connectivity index (χ0n) is 12.2. The van der Waals surface area contributed by atoms with Gasteiger partial charge in [-0.15, -0.1) is 0 Å². The van der Waals surface area contributed by atoms with Gasteiger partial charge in [-0.2, -0.15) is 0 Å². The van der Waals surface area contributed by atoms with Crippen molar-refractivity contribution in [1.29, 1.82) is 0 Å². The minimum atomic E-state index is -1.18. The zero-order valence-corrected chi connectivity index (χ0v) is 12.2. The first kappa shape index (κ1) is 13.4. The number of hydrogen-bond acceptors (Lipinski definition) is 2. The Kier molecular flexibility index (Phi) is 3.16. The SMILES string of the molecule is FC1(c2ccc(Cc3cnc4ccccc4c3)cc2)CNC1. The van der Waals surface area contributed by atoms with Crippen LogP contribution in [0.1, 0.15) is 16.7 Å². The largest absolute Gasteiger partial charge is 0.310 e. The van der Waals surface area contributed by atoms with Crippen LogP contribution in [0.4, 0.5) is 4.39 Å². The topological polar surface area (TPSA) is 24.9 Å². The summed E-state index contributed by atoms with van der Waals surface area (Å²) in [6.07, 6.45) is 2.73. The third-order valence-corrected chi connectivity index (χ3v) is 4.34. The highest BCUT2D eigenvalue weighted by molar-refractivity contribution is 5.78. The van der Waals surface area contributed by atoms with E-state index in [0.29, 0.717) is 13.1 Å². The molecular weight excluding hydrogens is 275 g/mol. The summed E-state index contributed by atoms with van der Waals surface area (Å²) in [5, 5.41) is 4.14. The molecule has 1 saturated heterocycles. The molecule has 0 unspecified atom stereocenters. The second-order valence-electron chi connectivity index (χ2n) is 5.98. The fraction of sp³-hybridized carbons (Fsp3) is 0.211. The Balaban J connectivity index is 1.56. The van der Waals surface area contributed by atoms with Crippen molar-refractivity contribution in [2.75, 3.05) is 13.1 Å². The molecule has 0 atom stereocenters. The smallest absolute Gasteiger partial charge is 0.160 e. The maximum Gasteiger partial charge on any atom is 0.160 e. The molecule has 1 aliphatic heterocycles. The molecule has 0 radical (unpaired) electrons. The van der Waals surface area contributed by atoms with Gasteiger partial charge in [0.05, 0.1) is 5.52 Å². The third-order valence-electron chi connectivity index (χ3n) is 4.34. The molecule has 1 fully saturated rings. The van der Waals surface area contributed by atoms with Gasteiger partial charge < -0.3 is 5.32 Å². The Hall–Kier alpha value is -2.26. The van der Waals surface area contributed by atoms with Gasteiger partial charge in [0.15, 0.2) is 5.67 Å². The Bertz CT molecular complexity index is 807. The van der Waals surface area contributed by atoms with E-state index in [1.807, 2.05) is 48.7 Å². The first-order valence-corrected chi connectivity index (χ1v) is 7.56. The van der Waals surface area contributed by atoms with E-state index in [1.54, 1.807) is 0 Å². The number of halogens is 1. The average molecular weight is 292 g/mol. The lowest BCUT2D eigenvalue weighted by Crippen LogP contribution is -2.53. The standard InChI is InChI=1S/C19H17FN2/c20-19(12-21-13-19)17-7-5-14(6-8-17)9-15-10-16-3-1-2-4-18(16)22-11-15/h1-8,10-11,21H,9,12-13H2. The summed E-state index contributed by atoms with van der Waals surface area (Å²) >= 11 is 0. The molecule has 0 aliphatic carbocycles. The number of alkyl halides is 1. The minimum Gasteiger partial charge on any atom is -0.310 e. The first-order valence-electron chi connectivity index (χ1n) is 7.56. The summed E-state index contributed by atoms with van der Waals surface area (Å²) < 4.78 is 14.3. The molecule has 3 aromatic rings. The number of benzene rings is 2. The van der Waals surface area contributed by atoms with E-state index in [2.05, 4.69) is 22.4 Å². The van der Waals surface area contributed by atoms with Crippen LogP contribution in [0.2, 0.25) is 0 Å². The van der Waals surface area contributed by atoms with Gasteiger partial charge in [0.2, 0.25) is 0 Å². The van der Waals surface area contributed by atoms with Crippen LogP contribution in [0.25, 0.3) is 10.9 Å². The van der Waals surface area contributed by atoms with Crippen LogP contribution in [0.3, 0.4) is 0 Å². The van der Waals surface area contributed by atoms with Crippen molar-refractivity contribution in [2.45, 2.75) is 12.1 Å². The molecule has 0 bridgehead atoms. The van der Waals surface area contributed by atoms with Crippen LogP contribution in [-0.2, 0) is 12.1 Å². The normalized spacial score (nSPS) is 16.4. The number of aromatic nitrogens is 1. The Morgan fingerprint density at radius 3 is 2.50 bits per heavy atom. The molecule has 4 rings (SSSR count). The van der Waals surface area contributed by atoms with Crippen molar-refractivity contribution in [3.05, 3.63) is 77.5 Å². The predicted octanol–water partition coefficient (Wildman–Crippen LogP) is 3.59. The number of pyridine rings is 1. The number of nitrogens with zero attached hydrogens (tertiary/aromatic N) is 1. The lowest BCUT2D eigenvalue weighted by molar-refractivity contribution is 0.0891. The van der Waals surface area contributed by atoms with E-state index in [0.717, 1.165) is 22.9 Å². The molecule has 2 heterocycles. The van der Waals surface area contributed by atoms with Crippen LogP contribution in [0, 0.1) is 0 Å². The van der Waals surface area contributed by atoms with Crippen molar-refractivity contribution in [2.24, 2.45) is 0 Å². The van der Waals surface area contributed by atoms with Crippen molar-refractivity contribution in [3.8, 4) is 0 Å². The van der Waals surface area contributed by atoms with E-state index in [1.165, 1.54) is 11.1 Å². The molecule has 22 heavy (non-hydrogen) atoms. The van der Waals surface area contributed by atoms with Gasteiger partial charge in [0.25, 0.3) is 0 Å². The lowest BCUT2D eigenvalue weighted by atomic mass is 9.89. The summed E-state index contributed by atoms with van der Waals surface area (Å²) in [5.74, 6) is 0. The number of rotatable bonds is 3. The van der Waals surface area contributed by atoms with Gasteiger partial charge >= 0.3 is 0 Å². The van der Waals surface area contributed by atoms with E-state index in [9.17, 15) is 4.39 Å². The minimum absolute atomic E-state index is 0.418. The molecule has 3 heteroatoms. The summed E-state index contributed by atoms with van der Waals surface area (Å²) in [4.78, 5) is 4.49. The molecule has 0 amide bonds. The summed E-state index contributed by atoms with van der Waals surface area (Å²) in [5.41, 5.74) is 2.96. The number of para-hydroxylation sites is 1. The van der Waals surface area contributed by atoms with E-state index >= 15 is 0 Å². The van der Waals surface area contributed by atoms with Crippen LogP contribution in [-0.4, -0.2) is 18.1 Å². The number of nitrogens with one attached hydrogen (secondary N) is 1. The average Bonchev–Trinajstić information content (AvgIpc) is 2.53. The van der Waals surface area contributed by atoms with Gasteiger partial charge in [-0.25, -0.2) is 4.39 Å². The maximum absolute atomic E-state index is 14.3. The Morgan fingerprint density at radius 2 is 1.77 bits per heavy atom. The van der Waals surface area contributed by atoms with Crippen molar-refractivity contribution >= 4 is 10.9 Å². The fourth-order valence-electron chi connectivity index (χ4n) is 2.92. The first-order chi connectivity index (χ1) is 10.7. The highest BCUT2D eigenvalue weighted by Crippen LogP contribution is 2.30. The maximum atomic E-state index is 14.3. The third kappa shape index (κ3) is 2.38. The Morgan fingerprint density at radius 1 is 1.00 bits per heavy atom. The second-order valence-corrected chi connectivity index (χ2v) is 5.98. The molecule has 1 aromatic heterocycles. The number of fused-ring (bicyclic) bond motifs is 1. The van der Waals surface area contributed by atoms with Crippen molar-refractivity contribution in [3.63, 3.8) is 0 Å². The molecule has 0 spiro atoms. The molecule has 2 nitrogen and oxygen atoms in total. The second kappa shape index (κ2) is 5.18. The van der Waals surface area contributed by atoms with E-state index in [4.69, 9.17) is 0 Å². The van der Waals surface area contributed by atoms with Crippen LogP contribution in [0.5, 0.6) is 0 Å². The van der Waals surface area contributed by atoms with Crippen LogP contribution in [0.15, 0.2) is 60.8 Å². The highest BCUT2D eigenvalue weighted by atomic mass is 19.1. The van der Waals surface area contributed by atoms with Crippen molar-refractivity contribution < 1.29 is 4.39 Å². The molecule has 1 aliphatic rings. The summed E-state index contributed by atoms with van der Waals surface area (Å²) in [7, 11) is 0. The highest BCUT2D eigenvalue weighted by Gasteiger charge is 2.38. The monoisotopic (exact) mass is 292 g/mol. The molecule has 2 aromatic carbocycles. The van der Waals surface area contributed by atoms with E-state index in [-0.39, 0.29) is 0 Å². The van der Waals surface area contributed by atoms with Crippen LogP contribution < -0.4 is 5.32 Å². The molecule has 0 saturated carbocycles. The van der Waals surface area contributed by atoms with Gasteiger partial charge in [-0.05, 0) is 35.2 Å². The van der Waals surface area contributed by atoms with Crippen molar-refractivity contribution in [1.82, 2.24) is 10.3 Å². The van der Waals surface area contributed by atoms with Gasteiger partial charge in [0, 0.05) is 24.7 Å². The quantitative estimate of drug-likeness (QED) is 0.798. The molecular formula is C19H17FN2. The predicted molar refractivity (Wildman–Crippen MR) is 86.6 cm³/mol. The fourth-order valence-corrected chi connectivity index (χ4v) is 2.92. The number of hydrogen-bond donors (Lipinski definition) is 1. The van der Waals surface area contributed by atoms with Gasteiger partial charge in [0.1, 0.15) is 0 Å².